The summed E-state index contributed by atoms with van der Waals surface area (Å²) in [7, 11) is 0. The minimum Gasteiger partial charge on any atom is -0.374 e. The summed E-state index contributed by atoms with van der Waals surface area (Å²) < 4.78 is 5.84. The number of nitrogens with zero attached hydrogens (tertiary/aromatic N) is 1. The van der Waals surface area contributed by atoms with Crippen molar-refractivity contribution in [1.82, 2.24) is 4.90 Å². The summed E-state index contributed by atoms with van der Waals surface area (Å²) in [5.41, 5.74) is 3.46. The molecule has 1 aliphatic heterocycles. The van der Waals surface area contributed by atoms with Crippen LogP contribution in [0.3, 0.4) is 0 Å². The van der Waals surface area contributed by atoms with Crippen LogP contribution in [-0.2, 0) is 22.4 Å². The van der Waals surface area contributed by atoms with Crippen molar-refractivity contribution in [1.29, 1.82) is 0 Å². The third-order valence-electron chi connectivity index (χ3n) is 6.04. The highest BCUT2D eigenvalue weighted by atomic mass is 16.5. The summed E-state index contributed by atoms with van der Waals surface area (Å²) in [5.74, 6) is 0.214. The summed E-state index contributed by atoms with van der Waals surface area (Å²) in [6.45, 7) is 1.30. The largest absolute Gasteiger partial charge is 0.374 e. The molecule has 0 bridgehead atoms. The number of fused-ring (bicyclic) bond motifs is 2. The second-order valence-electron chi connectivity index (χ2n) is 7.61. The number of carbonyl (C=O) groups is 2. The van der Waals surface area contributed by atoms with Gasteiger partial charge in [0.15, 0.2) is 5.78 Å². The number of carbonyl (C=O) groups excluding carboxylic acids is 2. The summed E-state index contributed by atoms with van der Waals surface area (Å²) >= 11 is 0. The highest BCUT2D eigenvalue weighted by Crippen LogP contribution is 2.29. The molecule has 1 aromatic carbocycles. The lowest BCUT2D eigenvalue weighted by atomic mass is 9.90. The Labute approximate surface area is 149 Å². The first kappa shape index (κ1) is 16.8. The van der Waals surface area contributed by atoms with Crippen molar-refractivity contribution < 1.29 is 14.3 Å². The van der Waals surface area contributed by atoms with E-state index in [1.54, 1.807) is 0 Å². The standard InChI is InChI=1S/C21H27NO3/c23-19(17-9-8-15-4-3-5-16(15)14-17)10-11-21(24)22-12-13-25-20-7-2-1-6-18(20)22/h8-9,14,18,20H,1-7,10-13H2/t18-,20-/m1/s1. The van der Waals surface area contributed by atoms with E-state index in [9.17, 15) is 9.59 Å². The molecule has 4 heteroatoms. The average Bonchev–Trinajstić information content (AvgIpc) is 3.13. The van der Waals surface area contributed by atoms with Gasteiger partial charge in [-0.1, -0.05) is 25.0 Å². The molecule has 4 nitrogen and oxygen atoms in total. The number of Topliss-reactive ketones (excluding diaryl/α,β-unsaturated/α-hetero) is 1. The number of ether oxygens (including phenoxy) is 1. The summed E-state index contributed by atoms with van der Waals surface area (Å²) in [4.78, 5) is 27.2. The Hall–Kier alpha value is -1.68. The molecule has 0 aromatic heterocycles. The van der Waals surface area contributed by atoms with Gasteiger partial charge in [-0.05, 0) is 49.3 Å². The van der Waals surface area contributed by atoms with Crippen LogP contribution in [0.15, 0.2) is 18.2 Å². The molecule has 2 aliphatic carbocycles. The van der Waals surface area contributed by atoms with Crippen LogP contribution in [0.2, 0.25) is 0 Å². The van der Waals surface area contributed by atoms with Crippen LogP contribution in [0, 0.1) is 0 Å². The van der Waals surface area contributed by atoms with Crippen LogP contribution >= 0.6 is 0 Å². The second-order valence-corrected chi connectivity index (χ2v) is 7.61. The number of aryl methyl sites for hydroxylation is 2. The van der Waals surface area contributed by atoms with Crippen LogP contribution in [0.4, 0.5) is 0 Å². The normalized spacial score (nSPS) is 25.4. The lowest BCUT2D eigenvalue weighted by molar-refractivity contribution is -0.149. The molecular formula is C21H27NO3. The molecule has 1 aromatic rings. The zero-order chi connectivity index (χ0) is 17.2. The lowest BCUT2D eigenvalue weighted by Gasteiger charge is -2.43. The van der Waals surface area contributed by atoms with Crippen molar-refractivity contribution in [2.24, 2.45) is 0 Å². The van der Waals surface area contributed by atoms with Gasteiger partial charge in [-0.25, -0.2) is 0 Å². The predicted octanol–water partition coefficient (Wildman–Crippen LogP) is 3.31. The maximum Gasteiger partial charge on any atom is 0.223 e. The number of ketones is 1. The number of morpholine rings is 1. The zero-order valence-electron chi connectivity index (χ0n) is 14.8. The fourth-order valence-electron chi connectivity index (χ4n) is 4.66. The number of hydrogen-bond donors (Lipinski definition) is 0. The monoisotopic (exact) mass is 341 g/mol. The van der Waals surface area contributed by atoms with Gasteiger partial charge in [0, 0.05) is 24.9 Å². The Morgan fingerprint density at radius 2 is 1.88 bits per heavy atom. The van der Waals surface area contributed by atoms with E-state index >= 15 is 0 Å². The van der Waals surface area contributed by atoms with Gasteiger partial charge in [-0.2, -0.15) is 0 Å². The molecule has 2 fully saturated rings. The smallest absolute Gasteiger partial charge is 0.223 e. The number of rotatable bonds is 4. The van der Waals surface area contributed by atoms with E-state index in [-0.39, 0.29) is 23.8 Å². The Morgan fingerprint density at radius 3 is 2.80 bits per heavy atom. The Balaban J connectivity index is 1.35. The number of benzene rings is 1. The first-order chi connectivity index (χ1) is 12.2. The molecule has 1 heterocycles. The van der Waals surface area contributed by atoms with Crippen LogP contribution in [-0.4, -0.2) is 41.9 Å². The van der Waals surface area contributed by atoms with Gasteiger partial charge in [0.1, 0.15) is 0 Å². The first-order valence-electron chi connectivity index (χ1n) is 9.78. The second kappa shape index (κ2) is 7.28. The van der Waals surface area contributed by atoms with Gasteiger partial charge in [0.25, 0.3) is 0 Å². The minimum absolute atomic E-state index is 0.0940. The first-order valence-corrected chi connectivity index (χ1v) is 9.78. The van der Waals surface area contributed by atoms with E-state index in [1.807, 2.05) is 17.0 Å². The summed E-state index contributed by atoms with van der Waals surface area (Å²) in [6.07, 6.45) is 8.68. The maximum atomic E-state index is 12.7. The van der Waals surface area contributed by atoms with Gasteiger partial charge in [0.2, 0.25) is 5.91 Å². The average molecular weight is 341 g/mol. The van der Waals surface area contributed by atoms with Crippen molar-refractivity contribution in [2.45, 2.75) is 69.9 Å². The van der Waals surface area contributed by atoms with Gasteiger partial charge < -0.3 is 9.64 Å². The molecule has 3 aliphatic rings. The van der Waals surface area contributed by atoms with Crippen LogP contribution < -0.4 is 0 Å². The topological polar surface area (TPSA) is 46.6 Å². The lowest BCUT2D eigenvalue weighted by Crippen LogP contribution is -2.54. The van der Waals surface area contributed by atoms with Crippen molar-refractivity contribution >= 4 is 11.7 Å². The van der Waals surface area contributed by atoms with Crippen molar-refractivity contribution in [3.8, 4) is 0 Å². The van der Waals surface area contributed by atoms with Crippen molar-refractivity contribution in [2.75, 3.05) is 13.2 Å². The Morgan fingerprint density at radius 1 is 1.04 bits per heavy atom. The SMILES string of the molecule is O=C(CCC(=O)N1CCO[C@@H]2CCCC[C@H]21)c1ccc2c(c1)CCC2. The molecule has 0 spiro atoms. The number of hydrogen-bond acceptors (Lipinski definition) is 3. The summed E-state index contributed by atoms with van der Waals surface area (Å²) in [5, 5.41) is 0. The highest BCUT2D eigenvalue weighted by molar-refractivity contribution is 5.98. The molecule has 0 radical (unpaired) electrons. The molecule has 25 heavy (non-hydrogen) atoms. The third kappa shape index (κ3) is 3.50. The molecule has 4 rings (SSSR count). The minimum atomic E-state index is 0.0940. The quantitative estimate of drug-likeness (QED) is 0.790. The highest BCUT2D eigenvalue weighted by Gasteiger charge is 2.36. The molecule has 0 N–H and O–H groups in total. The van der Waals surface area contributed by atoms with Gasteiger partial charge in [0.05, 0.1) is 18.8 Å². The van der Waals surface area contributed by atoms with E-state index in [0.29, 0.717) is 26.0 Å². The molecule has 134 valence electrons. The maximum absolute atomic E-state index is 12.7. The molecular weight excluding hydrogens is 314 g/mol. The Kier molecular flexibility index (Phi) is 4.89. The fraction of sp³-hybridized carbons (Fsp3) is 0.619. The molecule has 1 amide bonds. The van der Waals surface area contributed by atoms with E-state index in [1.165, 1.54) is 30.4 Å². The van der Waals surface area contributed by atoms with E-state index in [0.717, 1.165) is 31.2 Å². The Bertz CT molecular complexity index is 667. The predicted molar refractivity (Wildman–Crippen MR) is 95.7 cm³/mol. The van der Waals surface area contributed by atoms with Crippen LogP contribution in [0.25, 0.3) is 0 Å². The van der Waals surface area contributed by atoms with Gasteiger partial charge in [-0.15, -0.1) is 0 Å². The molecule has 1 saturated heterocycles. The molecule has 2 atom stereocenters. The van der Waals surface area contributed by atoms with E-state index < -0.39 is 0 Å². The molecule has 1 saturated carbocycles. The fourth-order valence-corrected chi connectivity index (χ4v) is 4.66. The van der Waals surface area contributed by atoms with E-state index in [4.69, 9.17) is 4.74 Å². The van der Waals surface area contributed by atoms with Gasteiger partial charge >= 0.3 is 0 Å². The van der Waals surface area contributed by atoms with Gasteiger partial charge in [-0.3, -0.25) is 9.59 Å². The van der Waals surface area contributed by atoms with Crippen LogP contribution in [0.1, 0.15) is 66.4 Å². The molecule has 0 unspecified atom stereocenters. The van der Waals surface area contributed by atoms with Crippen LogP contribution in [0.5, 0.6) is 0 Å². The van der Waals surface area contributed by atoms with E-state index in [2.05, 4.69) is 6.07 Å². The van der Waals surface area contributed by atoms with Crippen molar-refractivity contribution in [3.05, 3.63) is 34.9 Å². The van der Waals surface area contributed by atoms with Crippen molar-refractivity contribution in [3.63, 3.8) is 0 Å². The summed E-state index contributed by atoms with van der Waals surface area (Å²) in [6, 6.07) is 6.29. The third-order valence-corrected chi connectivity index (χ3v) is 6.04. The zero-order valence-corrected chi connectivity index (χ0v) is 14.8. The number of amides is 1.